The number of anilines is 1. The van der Waals surface area contributed by atoms with Crippen molar-refractivity contribution in [2.45, 2.75) is 19.8 Å². The van der Waals surface area contributed by atoms with E-state index in [4.69, 9.17) is 27.9 Å². The molecule has 1 N–H and O–H groups in total. The van der Waals surface area contributed by atoms with E-state index >= 15 is 0 Å². The van der Waals surface area contributed by atoms with E-state index in [0.29, 0.717) is 11.6 Å². The van der Waals surface area contributed by atoms with Crippen LogP contribution in [0.25, 0.3) is 0 Å². The summed E-state index contributed by atoms with van der Waals surface area (Å²) in [5.74, 6) is -0.726. The van der Waals surface area contributed by atoms with Crippen LogP contribution in [0.5, 0.6) is 0 Å². The minimum atomic E-state index is -0.702. The molecule has 0 aliphatic heterocycles. The van der Waals surface area contributed by atoms with E-state index in [1.54, 1.807) is 12.1 Å². The fourth-order valence-electron chi connectivity index (χ4n) is 1.90. The van der Waals surface area contributed by atoms with E-state index in [1.807, 2.05) is 12.1 Å². The lowest BCUT2D eigenvalue weighted by molar-refractivity contribution is -0.119. The highest BCUT2D eigenvalue weighted by molar-refractivity contribution is 6.41. The van der Waals surface area contributed by atoms with Crippen molar-refractivity contribution < 1.29 is 14.3 Å². The number of carbonyl (C=O) groups is 2. The molecular weight excluding hydrogens is 351 g/mol. The highest BCUT2D eigenvalue weighted by Gasteiger charge is 2.13. The Labute approximate surface area is 149 Å². The zero-order valence-corrected chi connectivity index (χ0v) is 14.7. The maximum atomic E-state index is 11.8. The molecule has 24 heavy (non-hydrogen) atoms. The maximum absolute atomic E-state index is 11.8. The van der Waals surface area contributed by atoms with Crippen LogP contribution in [0.2, 0.25) is 10.2 Å². The Bertz CT molecular complexity index is 746. The highest BCUT2D eigenvalue weighted by atomic mass is 35.5. The van der Waals surface area contributed by atoms with Crippen LogP contribution in [0.4, 0.5) is 5.69 Å². The first kappa shape index (κ1) is 18.2. The number of carbonyl (C=O) groups excluding carboxylic acids is 2. The van der Waals surface area contributed by atoms with Crippen LogP contribution < -0.4 is 5.32 Å². The fraction of sp³-hybridized carbons (Fsp3) is 0.235. The van der Waals surface area contributed by atoms with Gasteiger partial charge in [0.25, 0.3) is 5.91 Å². The number of aromatic nitrogens is 1. The predicted molar refractivity (Wildman–Crippen MR) is 93.7 cm³/mol. The number of rotatable bonds is 5. The molecule has 0 saturated heterocycles. The number of nitrogens with one attached hydrogen (secondary N) is 1. The molecule has 0 aliphatic carbocycles. The van der Waals surface area contributed by atoms with Crippen molar-refractivity contribution in [3.63, 3.8) is 0 Å². The predicted octanol–water partition coefficient (Wildman–Crippen LogP) is 4.31. The molecule has 1 heterocycles. The highest BCUT2D eigenvalue weighted by Crippen LogP contribution is 2.20. The Morgan fingerprint density at radius 2 is 1.88 bits per heavy atom. The number of nitrogens with zero attached hydrogens (tertiary/aromatic N) is 1. The van der Waals surface area contributed by atoms with Crippen molar-refractivity contribution >= 4 is 40.8 Å². The second-order valence-electron chi connectivity index (χ2n) is 5.40. The zero-order chi connectivity index (χ0) is 17.7. The van der Waals surface area contributed by atoms with Crippen LogP contribution in [0.1, 0.15) is 35.7 Å². The Hall–Kier alpha value is -2.11. The van der Waals surface area contributed by atoms with E-state index in [0.717, 1.165) is 0 Å². The number of benzene rings is 1. The van der Waals surface area contributed by atoms with Gasteiger partial charge in [-0.15, -0.1) is 0 Å². The van der Waals surface area contributed by atoms with Crippen LogP contribution in [-0.2, 0) is 9.53 Å². The number of hydrogen-bond donors (Lipinski definition) is 1. The number of pyridine rings is 1. The number of ether oxygens (including phenoxy) is 1. The van der Waals surface area contributed by atoms with Gasteiger partial charge < -0.3 is 10.1 Å². The van der Waals surface area contributed by atoms with Gasteiger partial charge >= 0.3 is 5.97 Å². The quantitative estimate of drug-likeness (QED) is 0.632. The van der Waals surface area contributed by atoms with Crippen molar-refractivity contribution in [3.8, 4) is 0 Å². The first-order valence-corrected chi connectivity index (χ1v) is 8.00. The molecule has 1 aromatic heterocycles. The molecule has 2 rings (SSSR count). The van der Waals surface area contributed by atoms with E-state index in [1.165, 1.54) is 17.8 Å². The lowest BCUT2D eigenvalue weighted by Crippen LogP contribution is -2.21. The van der Waals surface area contributed by atoms with Gasteiger partial charge in [-0.05, 0) is 29.7 Å². The summed E-state index contributed by atoms with van der Waals surface area (Å²) in [7, 11) is 0. The Balaban J connectivity index is 1.88. The maximum Gasteiger partial charge on any atom is 0.340 e. The second kappa shape index (κ2) is 8.13. The molecule has 0 spiro atoms. The number of halogens is 2. The molecule has 0 saturated carbocycles. The second-order valence-corrected chi connectivity index (χ2v) is 6.16. The van der Waals surface area contributed by atoms with Crippen LogP contribution in [0, 0.1) is 0 Å². The molecule has 7 heteroatoms. The van der Waals surface area contributed by atoms with E-state index in [-0.39, 0.29) is 15.7 Å². The van der Waals surface area contributed by atoms with Crippen molar-refractivity contribution in [1.29, 1.82) is 0 Å². The molecule has 5 nitrogen and oxygen atoms in total. The van der Waals surface area contributed by atoms with E-state index in [9.17, 15) is 9.59 Å². The topological polar surface area (TPSA) is 68.3 Å². The smallest absolute Gasteiger partial charge is 0.340 e. The molecule has 0 radical (unpaired) electrons. The van der Waals surface area contributed by atoms with Gasteiger partial charge in [-0.25, -0.2) is 9.78 Å². The zero-order valence-electron chi connectivity index (χ0n) is 13.2. The lowest BCUT2D eigenvalue weighted by atomic mass is 10.0. The first-order chi connectivity index (χ1) is 11.4. The van der Waals surface area contributed by atoms with Crippen LogP contribution in [0.15, 0.2) is 36.5 Å². The summed E-state index contributed by atoms with van der Waals surface area (Å²) >= 11 is 11.5. The van der Waals surface area contributed by atoms with Crippen molar-refractivity contribution in [3.05, 3.63) is 57.8 Å². The minimum Gasteiger partial charge on any atom is -0.452 e. The fourth-order valence-corrected chi connectivity index (χ4v) is 2.17. The molecule has 2 aromatic rings. The average Bonchev–Trinajstić information content (AvgIpc) is 2.55. The molecular formula is C17H16Cl2N2O3. The lowest BCUT2D eigenvalue weighted by Gasteiger charge is -2.09. The number of hydrogen-bond acceptors (Lipinski definition) is 4. The van der Waals surface area contributed by atoms with Gasteiger partial charge in [0.15, 0.2) is 6.61 Å². The third kappa shape index (κ3) is 4.94. The number of esters is 1. The Morgan fingerprint density at radius 3 is 2.46 bits per heavy atom. The number of amides is 1. The van der Waals surface area contributed by atoms with Crippen molar-refractivity contribution in [2.75, 3.05) is 11.9 Å². The Kier molecular flexibility index (Phi) is 6.17. The van der Waals surface area contributed by atoms with Crippen LogP contribution >= 0.6 is 23.2 Å². The van der Waals surface area contributed by atoms with Gasteiger partial charge in [0.1, 0.15) is 5.15 Å². The summed E-state index contributed by atoms with van der Waals surface area (Å²) in [6.45, 7) is 3.76. The SMILES string of the molecule is CC(C)c1ccc(NC(=O)COC(=O)c2cnc(Cl)c(Cl)c2)cc1. The minimum absolute atomic E-state index is 0.0933. The summed E-state index contributed by atoms with van der Waals surface area (Å²) in [4.78, 5) is 27.4. The molecule has 0 bridgehead atoms. The van der Waals surface area contributed by atoms with Gasteiger partial charge in [-0.3, -0.25) is 4.79 Å². The van der Waals surface area contributed by atoms with Crippen molar-refractivity contribution in [2.24, 2.45) is 0 Å². The molecule has 0 unspecified atom stereocenters. The summed E-state index contributed by atoms with van der Waals surface area (Å²) in [5.41, 5.74) is 1.93. The summed E-state index contributed by atoms with van der Waals surface area (Å²) in [5, 5.41) is 2.89. The first-order valence-electron chi connectivity index (χ1n) is 7.25. The van der Waals surface area contributed by atoms with Gasteiger partial charge in [0.2, 0.25) is 0 Å². The molecule has 0 atom stereocenters. The van der Waals surface area contributed by atoms with Gasteiger partial charge in [-0.1, -0.05) is 49.2 Å². The largest absolute Gasteiger partial charge is 0.452 e. The molecule has 0 aliphatic rings. The Morgan fingerprint density at radius 1 is 1.21 bits per heavy atom. The van der Waals surface area contributed by atoms with Gasteiger partial charge in [0.05, 0.1) is 10.6 Å². The monoisotopic (exact) mass is 366 g/mol. The standard InChI is InChI=1S/C17H16Cl2N2O3/c1-10(2)11-3-5-13(6-4-11)21-15(22)9-24-17(23)12-7-14(18)16(19)20-8-12/h3-8,10H,9H2,1-2H3,(H,21,22). The molecule has 0 fully saturated rings. The summed E-state index contributed by atoms with van der Waals surface area (Å²) in [6.07, 6.45) is 1.24. The summed E-state index contributed by atoms with van der Waals surface area (Å²) < 4.78 is 4.93. The van der Waals surface area contributed by atoms with Crippen LogP contribution in [-0.4, -0.2) is 23.5 Å². The molecule has 126 valence electrons. The van der Waals surface area contributed by atoms with E-state index in [2.05, 4.69) is 24.1 Å². The molecule has 1 amide bonds. The molecule has 1 aromatic carbocycles. The normalized spacial score (nSPS) is 10.5. The summed E-state index contributed by atoms with van der Waals surface area (Å²) in [6, 6.07) is 8.82. The van der Waals surface area contributed by atoms with Crippen molar-refractivity contribution in [1.82, 2.24) is 4.98 Å². The average molecular weight is 367 g/mol. The van der Waals surface area contributed by atoms with E-state index < -0.39 is 18.5 Å². The van der Waals surface area contributed by atoms with Crippen LogP contribution in [0.3, 0.4) is 0 Å². The third-order valence-electron chi connectivity index (χ3n) is 3.23. The van der Waals surface area contributed by atoms with Gasteiger partial charge in [0, 0.05) is 11.9 Å². The third-order valence-corrected chi connectivity index (χ3v) is 3.91. The van der Waals surface area contributed by atoms with Gasteiger partial charge in [-0.2, -0.15) is 0 Å².